The first kappa shape index (κ1) is 10.7. The van der Waals surface area contributed by atoms with Gasteiger partial charge in [-0.1, -0.05) is 13.8 Å². The van der Waals surface area contributed by atoms with E-state index in [9.17, 15) is 0 Å². The van der Waals surface area contributed by atoms with Gasteiger partial charge in [-0.25, -0.2) is 0 Å². The number of H-pyrrole nitrogens is 1. The van der Waals surface area contributed by atoms with Crippen molar-refractivity contribution in [3.05, 3.63) is 29.6 Å². The summed E-state index contributed by atoms with van der Waals surface area (Å²) in [6, 6.07) is 3.95. The monoisotopic (exact) mass is 216 g/mol. The number of rotatable bonds is 2. The summed E-state index contributed by atoms with van der Waals surface area (Å²) in [7, 11) is 0. The van der Waals surface area contributed by atoms with Crippen molar-refractivity contribution >= 4 is 5.82 Å². The zero-order valence-electron chi connectivity index (χ0n) is 9.78. The fraction of sp³-hybridized carbons (Fsp3) is 0.333. The molecule has 0 radical (unpaired) electrons. The second-order valence-corrected chi connectivity index (χ2v) is 4.19. The topological polar surface area (TPSA) is 67.6 Å². The number of nitrogen functional groups attached to an aromatic ring is 1. The predicted octanol–water partition coefficient (Wildman–Crippen LogP) is 2.49. The van der Waals surface area contributed by atoms with Gasteiger partial charge in [0.1, 0.15) is 5.82 Å². The number of aryl methyl sites for hydroxylation is 1. The molecule has 0 aliphatic heterocycles. The number of aromatic nitrogens is 3. The van der Waals surface area contributed by atoms with Crippen molar-refractivity contribution < 1.29 is 0 Å². The Morgan fingerprint density at radius 2 is 2.12 bits per heavy atom. The van der Waals surface area contributed by atoms with E-state index < -0.39 is 0 Å². The van der Waals surface area contributed by atoms with Gasteiger partial charge >= 0.3 is 0 Å². The van der Waals surface area contributed by atoms with Crippen LogP contribution in [0.15, 0.2) is 18.3 Å². The van der Waals surface area contributed by atoms with Gasteiger partial charge in [-0.15, -0.1) is 0 Å². The lowest BCUT2D eigenvalue weighted by Crippen LogP contribution is -1.96. The lowest BCUT2D eigenvalue weighted by Gasteiger charge is -2.08. The van der Waals surface area contributed by atoms with Gasteiger partial charge in [0, 0.05) is 23.0 Å². The van der Waals surface area contributed by atoms with Crippen molar-refractivity contribution in [3.63, 3.8) is 0 Å². The average molecular weight is 216 g/mol. The molecule has 2 heterocycles. The summed E-state index contributed by atoms with van der Waals surface area (Å²) in [6.07, 6.45) is 1.79. The molecule has 0 aliphatic carbocycles. The van der Waals surface area contributed by atoms with Crippen LogP contribution in [0.3, 0.4) is 0 Å². The van der Waals surface area contributed by atoms with Crippen molar-refractivity contribution in [1.82, 2.24) is 15.2 Å². The fourth-order valence-electron chi connectivity index (χ4n) is 1.90. The Kier molecular flexibility index (Phi) is 2.64. The molecule has 0 saturated carbocycles. The van der Waals surface area contributed by atoms with E-state index in [1.54, 1.807) is 6.20 Å². The maximum absolute atomic E-state index is 5.87. The third kappa shape index (κ3) is 1.66. The van der Waals surface area contributed by atoms with E-state index in [4.69, 9.17) is 5.73 Å². The molecule has 2 aromatic heterocycles. The summed E-state index contributed by atoms with van der Waals surface area (Å²) >= 11 is 0. The molecule has 3 N–H and O–H groups in total. The predicted molar refractivity (Wildman–Crippen MR) is 65.1 cm³/mol. The Labute approximate surface area is 94.9 Å². The van der Waals surface area contributed by atoms with Crippen molar-refractivity contribution in [2.75, 3.05) is 5.73 Å². The number of pyridine rings is 1. The van der Waals surface area contributed by atoms with E-state index in [0.717, 1.165) is 22.5 Å². The maximum Gasteiger partial charge on any atom is 0.149 e. The number of hydrogen-bond acceptors (Lipinski definition) is 3. The Balaban J connectivity index is 2.61. The molecule has 0 amide bonds. The molecule has 4 nitrogen and oxygen atoms in total. The van der Waals surface area contributed by atoms with Crippen LogP contribution < -0.4 is 5.73 Å². The zero-order valence-corrected chi connectivity index (χ0v) is 9.78. The summed E-state index contributed by atoms with van der Waals surface area (Å²) in [5.74, 6) is 0.918. The summed E-state index contributed by atoms with van der Waals surface area (Å²) in [5.41, 5.74) is 9.96. The van der Waals surface area contributed by atoms with Crippen LogP contribution in [0.2, 0.25) is 0 Å². The minimum absolute atomic E-state index is 0.341. The van der Waals surface area contributed by atoms with Gasteiger partial charge in [0.25, 0.3) is 0 Å². The van der Waals surface area contributed by atoms with Crippen LogP contribution in [-0.4, -0.2) is 15.2 Å². The molecule has 0 atom stereocenters. The average Bonchev–Trinajstić information content (AvgIpc) is 2.61. The summed E-state index contributed by atoms with van der Waals surface area (Å²) < 4.78 is 0. The van der Waals surface area contributed by atoms with E-state index in [-0.39, 0.29) is 0 Å². The Morgan fingerprint density at radius 3 is 2.75 bits per heavy atom. The van der Waals surface area contributed by atoms with Gasteiger partial charge in [0.2, 0.25) is 0 Å². The fourth-order valence-corrected chi connectivity index (χ4v) is 1.90. The molecule has 0 fully saturated rings. The van der Waals surface area contributed by atoms with Crippen molar-refractivity contribution in [1.29, 1.82) is 0 Å². The number of nitrogens with one attached hydrogen (secondary N) is 1. The van der Waals surface area contributed by atoms with Crippen LogP contribution in [0.4, 0.5) is 5.82 Å². The van der Waals surface area contributed by atoms with Crippen LogP contribution in [-0.2, 0) is 0 Å². The van der Waals surface area contributed by atoms with Crippen molar-refractivity contribution in [2.45, 2.75) is 26.7 Å². The number of hydrogen-bond donors (Lipinski definition) is 2. The molecule has 0 aromatic carbocycles. The van der Waals surface area contributed by atoms with Crippen LogP contribution in [0.5, 0.6) is 0 Å². The van der Waals surface area contributed by atoms with E-state index in [1.807, 2.05) is 19.1 Å². The Morgan fingerprint density at radius 1 is 1.38 bits per heavy atom. The number of nitrogens with zero attached hydrogens (tertiary/aromatic N) is 2. The summed E-state index contributed by atoms with van der Waals surface area (Å²) in [5, 5.41) is 7.08. The molecule has 0 unspecified atom stereocenters. The Bertz CT molecular complexity index is 499. The molecular formula is C12H16N4. The van der Waals surface area contributed by atoms with E-state index in [2.05, 4.69) is 29.0 Å². The highest BCUT2D eigenvalue weighted by molar-refractivity contribution is 5.70. The highest BCUT2D eigenvalue weighted by Gasteiger charge is 2.16. The zero-order chi connectivity index (χ0) is 11.7. The molecule has 4 heteroatoms. The van der Waals surface area contributed by atoms with Crippen molar-refractivity contribution in [3.8, 4) is 11.3 Å². The molecule has 84 valence electrons. The van der Waals surface area contributed by atoms with Gasteiger partial charge in [-0.2, -0.15) is 5.10 Å². The lowest BCUT2D eigenvalue weighted by molar-refractivity contribution is 0.872. The van der Waals surface area contributed by atoms with Crippen LogP contribution in [0, 0.1) is 6.92 Å². The highest BCUT2D eigenvalue weighted by Crippen LogP contribution is 2.32. The summed E-state index contributed by atoms with van der Waals surface area (Å²) in [4.78, 5) is 4.28. The first-order chi connectivity index (χ1) is 7.61. The van der Waals surface area contributed by atoms with Gasteiger partial charge in [-0.3, -0.25) is 10.1 Å². The number of aromatic amines is 1. The molecule has 2 rings (SSSR count). The second-order valence-electron chi connectivity index (χ2n) is 4.19. The van der Waals surface area contributed by atoms with Gasteiger partial charge in [0.05, 0.1) is 5.69 Å². The lowest BCUT2D eigenvalue weighted by atomic mass is 9.98. The quantitative estimate of drug-likeness (QED) is 0.810. The standard InChI is InChI=1S/C12H16N4/c1-7(2)10-11(15-16-12(10)13)9-5-4-6-14-8(9)3/h4-7H,1-3H3,(H3,13,15,16). The van der Waals surface area contributed by atoms with Gasteiger partial charge in [0.15, 0.2) is 0 Å². The smallest absolute Gasteiger partial charge is 0.149 e. The van der Waals surface area contributed by atoms with Crippen LogP contribution in [0.1, 0.15) is 31.0 Å². The number of nitrogens with two attached hydrogens (primary N) is 1. The third-order valence-electron chi connectivity index (χ3n) is 2.69. The molecular weight excluding hydrogens is 200 g/mol. The normalized spacial score (nSPS) is 11.0. The molecule has 0 spiro atoms. The van der Waals surface area contributed by atoms with Crippen LogP contribution in [0.25, 0.3) is 11.3 Å². The third-order valence-corrected chi connectivity index (χ3v) is 2.69. The second kappa shape index (κ2) is 3.96. The maximum atomic E-state index is 5.87. The van der Waals surface area contributed by atoms with E-state index in [0.29, 0.717) is 11.7 Å². The highest BCUT2D eigenvalue weighted by atomic mass is 15.2. The molecule has 16 heavy (non-hydrogen) atoms. The molecule has 0 saturated heterocycles. The Hall–Kier alpha value is -1.84. The van der Waals surface area contributed by atoms with Crippen molar-refractivity contribution in [2.24, 2.45) is 0 Å². The minimum atomic E-state index is 0.341. The number of anilines is 1. The minimum Gasteiger partial charge on any atom is -0.382 e. The van der Waals surface area contributed by atoms with Crippen LogP contribution >= 0.6 is 0 Å². The molecule has 0 aliphatic rings. The van der Waals surface area contributed by atoms with E-state index in [1.165, 1.54) is 0 Å². The first-order valence-corrected chi connectivity index (χ1v) is 5.37. The molecule has 0 bridgehead atoms. The largest absolute Gasteiger partial charge is 0.382 e. The SMILES string of the molecule is Cc1ncccc1-c1[nH]nc(N)c1C(C)C. The van der Waals surface area contributed by atoms with Gasteiger partial charge < -0.3 is 5.73 Å². The summed E-state index contributed by atoms with van der Waals surface area (Å²) in [6.45, 7) is 6.20. The first-order valence-electron chi connectivity index (χ1n) is 5.37. The molecule has 2 aromatic rings. The van der Waals surface area contributed by atoms with Gasteiger partial charge in [-0.05, 0) is 25.0 Å². The van der Waals surface area contributed by atoms with E-state index >= 15 is 0 Å².